The average Bonchev–Trinajstić information content (AvgIpc) is 3.23. The maximum atomic E-state index is 5.06. The summed E-state index contributed by atoms with van der Waals surface area (Å²) in [7, 11) is 0. The van der Waals surface area contributed by atoms with Gasteiger partial charge in [0.1, 0.15) is 0 Å². The van der Waals surface area contributed by atoms with Crippen molar-refractivity contribution in [3.05, 3.63) is 155 Å². The summed E-state index contributed by atoms with van der Waals surface area (Å²) in [6.45, 7) is 21.8. The van der Waals surface area contributed by atoms with Crippen LogP contribution in [0, 0.1) is 30.1 Å². The van der Waals surface area contributed by atoms with Gasteiger partial charge in [-0.05, 0) is 125 Å². The van der Waals surface area contributed by atoms with Crippen LogP contribution in [0.3, 0.4) is 0 Å². The highest BCUT2D eigenvalue weighted by Crippen LogP contribution is 2.59. The van der Waals surface area contributed by atoms with Crippen LogP contribution in [0.4, 0.5) is 5.69 Å². The monoisotopic (exact) mass is 694 g/mol. The molecule has 0 radical (unpaired) electrons. The third kappa shape index (κ3) is 5.00. The SMILES string of the molecule is C=C1CC=CCC(C)[C@@]1(C)C1=CC(N2C3=C(c4c(ccc5c4C(C)(C)c4ccccc4-5)-c4ccccc42)C(C)CCC3C)CC(c2ncccc2C)=C1. The molecular formula is C51H54N2. The second kappa shape index (κ2) is 12.4. The first-order chi connectivity index (χ1) is 25.5. The van der Waals surface area contributed by atoms with E-state index >= 15 is 0 Å². The van der Waals surface area contributed by atoms with Crippen LogP contribution in [-0.2, 0) is 5.41 Å². The molecule has 53 heavy (non-hydrogen) atoms. The molecule has 268 valence electrons. The van der Waals surface area contributed by atoms with Crippen LogP contribution in [0.25, 0.3) is 33.4 Å². The molecule has 0 N–H and O–H groups in total. The maximum Gasteiger partial charge on any atom is 0.0691 e. The van der Waals surface area contributed by atoms with Crippen LogP contribution < -0.4 is 4.90 Å². The molecular weight excluding hydrogens is 641 g/mol. The fourth-order valence-corrected chi connectivity index (χ4v) is 10.9. The summed E-state index contributed by atoms with van der Waals surface area (Å²) in [6.07, 6.45) is 17.1. The third-order valence-electron chi connectivity index (χ3n) is 14.1. The smallest absolute Gasteiger partial charge is 0.0691 e. The minimum absolute atomic E-state index is 0.108. The highest BCUT2D eigenvalue weighted by molar-refractivity contribution is 6.00. The maximum absolute atomic E-state index is 5.06. The van der Waals surface area contributed by atoms with Crippen molar-refractivity contribution >= 4 is 16.8 Å². The van der Waals surface area contributed by atoms with E-state index in [9.17, 15) is 0 Å². The fourth-order valence-electron chi connectivity index (χ4n) is 10.9. The van der Waals surface area contributed by atoms with E-state index in [0.29, 0.717) is 17.8 Å². The third-order valence-corrected chi connectivity index (χ3v) is 14.1. The van der Waals surface area contributed by atoms with Crippen LogP contribution >= 0.6 is 0 Å². The quantitative estimate of drug-likeness (QED) is 0.198. The number of aryl methyl sites for hydroxylation is 1. The normalized spacial score (nSPS) is 27.1. The van der Waals surface area contributed by atoms with Crippen molar-refractivity contribution in [1.82, 2.24) is 4.98 Å². The number of rotatable bonds is 3. The van der Waals surface area contributed by atoms with Gasteiger partial charge in [0.25, 0.3) is 0 Å². The first-order valence-corrected chi connectivity index (χ1v) is 20.1. The standard InChI is InChI=1S/C51H54N2/c1-31-23-24-33(3)49-45(31)46-41(25-26-42-39-19-11-13-21-43(39)50(6,7)47(42)46)40-20-12-14-22-44(40)53(49)38-29-36(48-32(2)16-15-27-52-48)28-37(30-38)51(8)34(4)17-9-10-18-35(51)5/h9-16,19-22,25-28,30-31,33,35,38H,4,17-18,23-24,29H2,1-3,5-8H3/t31?,33?,35?,38?,51-/m0/s1. The van der Waals surface area contributed by atoms with Crippen molar-refractivity contribution in [2.75, 3.05) is 4.90 Å². The number of pyridine rings is 1. The van der Waals surface area contributed by atoms with E-state index in [2.05, 4.69) is 150 Å². The largest absolute Gasteiger partial charge is 0.337 e. The Balaban J connectivity index is 1.34. The lowest BCUT2D eigenvalue weighted by molar-refractivity contribution is 0.319. The van der Waals surface area contributed by atoms with Gasteiger partial charge in [0.2, 0.25) is 0 Å². The summed E-state index contributed by atoms with van der Waals surface area (Å²) in [4.78, 5) is 7.88. The summed E-state index contributed by atoms with van der Waals surface area (Å²) in [5.74, 6) is 1.28. The Bertz CT molecular complexity index is 2310. The number of nitrogens with zero attached hydrogens (tertiary/aromatic N) is 2. The van der Waals surface area contributed by atoms with Crippen LogP contribution in [0.2, 0.25) is 0 Å². The van der Waals surface area contributed by atoms with Gasteiger partial charge in [-0.15, -0.1) is 0 Å². The number of allylic oxidation sites excluding steroid dienone is 7. The van der Waals surface area contributed by atoms with E-state index in [1.54, 1.807) is 5.57 Å². The zero-order valence-corrected chi connectivity index (χ0v) is 32.8. The molecule has 4 unspecified atom stereocenters. The van der Waals surface area contributed by atoms with Gasteiger partial charge in [-0.2, -0.15) is 0 Å². The second-order valence-electron chi connectivity index (χ2n) is 17.5. The molecule has 4 aliphatic carbocycles. The lowest BCUT2D eigenvalue weighted by Gasteiger charge is -2.45. The first-order valence-electron chi connectivity index (χ1n) is 20.1. The van der Waals surface area contributed by atoms with Crippen molar-refractivity contribution in [3.63, 3.8) is 0 Å². The Morgan fingerprint density at radius 2 is 1.53 bits per heavy atom. The number of anilines is 1. The van der Waals surface area contributed by atoms with Gasteiger partial charge < -0.3 is 4.90 Å². The first kappa shape index (κ1) is 34.1. The fraction of sp³-hybridized carbons (Fsp3) is 0.353. The molecule has 3 aromatic carbocycles. The number of hydrogen-bond acceptors (Lipinski definition) is 2. The average molecular weight is 695 g/mol. The van der Waals surface area contributed by atoms with Gasteiger partial charge in [-0.3, -0.25) is 4.98 Å². The number of fused-ring (bicyclic) bond motifs is 8. The minimum atomic E-state index is -0.163. The number of para-hydroxylation sites is 1. The molecule has 0 amide bonds. The summed E-state index contributed by atoms with van der Waals surface area (Å²) >= 11 is 0. The molecule has 2 heteroatoms. The van der Waals surface area contributed by atoms with Crippen molar-refractivity contribution in [3.8, 4) is 22.3 Å². The topological polar surface area (TPSA) is 16.1 Å². The van der Waals surface area contributed by atoms with Crippen molar-refractivity contribution < 1.29 is 0 Å². The van der Waals surface area contributed by atoms with Gasteiger partial charge in [0.15, 0.2) is 0 Å². The molecule has 1 aromatic heterocycles. The lowest BCUT2D eigenvalue weighted by atomic mass is 9.64. The van der Waals surface area contributed by atoms with Crippen molar-refractivity contribution in [2.45, 2.75) is 92.0 Å². The zero-order chi connectivity index (χ0) is 36.8. The van der Waals surface area contributed by atoms with E-state index in [-0.39, 0.29) is 16.9 Å². The molecule has 0 spiro atoms. The van der Waals surface area contributed by atoms with Gasteiger partial charge in [-0.1, -0.05) is 139 Å². The molecule has 0 saturated heterocycles. The Kier molecular flexibility index (Phi) is 8.00. The Morgan fingerprint density at radius 1 is 0.792 bits per heavy atom. The van der Waals surface area contributed by atoms with Crippen LogP contribution in [0.1, 0.15) is 102 Å². The zero-order valence-electron chi connectivity index (χ0n) is 32.8. The summed E-state index contributed by atoms with van der Waals surface area (Å²) in [5, 5.41) is 0. The Labute approximate surface area is 317 Å². The van der Waals surface area contributed by atoms with Crippen molar-refractivity contribution in [1.29, 1.82) is 0 Å². The highest BCUT2D eigenvalue weighted by Gasteiger charge is 2.45. The Hall–Kier alpha value is -4.69. The molecule has 2 heterocycles. The van der Waals surface area contributed by atoms with E-state index in [4.69, 9.17) is 11.6 Å². The molecule has 0 bridgehead atoms. The molecule has 4 aromatic rings. The van der Waals surface area contributed by atoms with Crippen molar-refractivity contribution in [2.24, 2.45) is 23.2 Å². The molecule has 2 nitrogen and oxygen atoms in total. The lowest BCUT2D eigenvalue weighted by Crippen LogP contribution is -2.41. The minimum Gasteiger partial charge on any atom is -0.337 e. The highest BCUT2D eigenvalue weighted by atomic mass is 15.2. The van der Waals surface area contributed by atoms with E-state index in [1.165, 1.54) is 85.5 Å². The molecule has 0 saturated carbocycles. The number of hydrogen-bond donors (Lipinski definition) is 0. The molecule has 5 aliphatic rings. The van der Waals surface area contributed by atoms with E-state index in [1.807, 2.05) is 6.20 Å². The van der Waals surface area contributed by atoms with E-state index in [0.717, 1.165) is 25.0 Å². The van der Waals surface area contributed by atoms with E-state index < -0.39 is 0 Å². The van der Waals surface area contributed by atoms with Gasteiger partial charge in [0, 0.05) is 34.0 Å². The summed E-state index contributed by atoms with van der Waals surface area (Å²) in [5.41, 5.74) is 20.5. The summed E-state index contributed by atoms with van der Waals surface area (Å²) < 4.78 is 0. The number of aromatic nitrogens is 1. The predicted octanol–water partition coefficient (Wildman–Crippen LogP) is 13.3. The van der Waals surface area contributed by atoms with Gasteiger partial charge in [-0.25, -0.2) is 0 Å². The van der Waals surface area contributed by atoms with Crippen LogP contribution in [0.5, 0.6) is 0 Å². The number of benzene rings is 3. The summed E-state index contributed by atoms with van der Waals surface area (Å²) in [6, 6.07) is 27.8. The molecule has 9 rings (SSSR count). The Morgan fingerprint density at radius 3 is 2.34 bits per heavy atom. The van der Waals surface area contributed by atoms with Crippen LogP contribution in [0.15, 0.2) is 127 Å². The van der Waals surface area contributed by atoms with Crippen LogP contribution in [-0.4, -0.2) is 11.0 Å². The second-order valence-corrected chi connectivity index (χ2v) is 17.5. The molecule has 1 aliphatic heterocycles. The predicted molar refractivity (Wildman–Crippen MR) is 225 cm³/mol. The van der Waals surface area contributed by atoms with Gasteiger partial charge in [0.05, 0.1) is 11.7 Å². The molecule has 5 atom stereocenters. The molecule has 0 fully saturated rings. The van der Waals surface area contributed by atoms with Gasteiger partial charge >= 0.3 is 0 Å².